The van der Waals surface area contributed by atoms with Crippen LogP contribution in [0.3, 0.4) is 0 Å². The minimum Gasteiger partial charge on any atom is -0.510 e. The number of likely N-dealkylation sites (N-methyl/N-ethyl adjacent to an activating group) is 1. The van der Waals surface area contributed by atoms with Crippen molar-refractivity contribution in [2.24, 2.45) is 17.6 Å². The molecule has 4 rings (SSSR count). The van der Waals surface area contributed by atoms with Gasteiger partial charge in [0.1, 0.15) is 22.8 Å². The Bertz CT molecular complexity index is 1370. The van der Waals surface area contributed by atoms with Gasteiger partial charge in [-0.2, -0.15) is 8.42 Å². The van der Waals surface area contributed by atoms with Gasteiger partial charge in [0.15, 0.2) is 11.4 Å². The summed E-state index contributed by atoms with van der Waals surface area (Å²) in [6.45, 7) is 1.40. The van der Waals surface area contributed by atoms with E-state index in [1.807, 2.05) is 0 Å². The molecule has 0 radical (unpaired) electrons. The smallest absolute Gasteiger partial charge is 0.261 e. The number of carbonyl (C=O) groups is 3. The molecule has 13 nitrogen and oxygen atoms in total. The topological polar surface area (TPSA) is 236 Å². The average Bonchev–Trinajstić information content (AvgIpc) is 2.73. The molecule has 37 heavy (non-hydrogen) atoms. The van der Waals surface area contributed by atoms with Crippen LogP contribution < -0.4 is 5.73 Å². The number of ketones is 2. The number of aliphatic hydroxyl groups excluding tert-OH is 2. The van der Waals surface area contributed by atoms with E-state index in [-0.39, 0.29) is 17.5 Å². The van der Waals surface area contributed by atoms with E-state index in [1.54, 1.807) is 0 Å². The molecule has 1 amide bonds. The van der Waals surface area contributed by atoms with Crippen LogP contribution in [0.5, 0.6) is 5.75 Å². The van der Waals surface area contributed by atoms with Crippen molar-refractivity contribution in [2.75, 3.05) is 20.4 Å². The molecule has 3 aliphatic carbocycles. The molecule has 3 aliphatic rings. The molecule has 14 heteroatoms. The van der Waals surface area contributed by atoms with E-state index in [4.69, 9.17) is 10.3 Å². The van der Waals surface area contributed by atoms with Crippen molar-refractivity contribution < 1.29 is 52.9 Å². The molecule has 0 aromatic heterocycles. The predicted octanol–water partition coefficient (Wildman–Crippen LogP) is -0.710. The summed E-state index contributed by atoms with van der Waals surface area (Å²) >= 11 is 0. The maximum atomic E-state index is 13.3. The van der Waals surface area contributed by atoms with E-state index in [0.29, 0.717) is 6.26 Å². The van der Waals surface area contributed by atoms with E-state index in [1.165, 1.54) is 44.1 Å². The molecule has 1 aromatic carbocycles. The molecule has 8 N–H and O–H groups in total. The first-order chi connectivity index (χ1) is 16.8. The summed E-state index contributed by atoms with van der Waals surface area (Å²) < 4.78 is 25.9. The number of primary amides is 1. The highest BCUT2D eigenvalue weighted by molar-refractivity contribution is 7.85. The third-order valence-corrected chi connectivity index (χ3v) is 7.02. The molecule has 5 unspecified atom stereocenters. The summed E-state index contributed by atoms with van der Waals surface area (Å²) in [5.41, 5.74) is -0.654. The number of phenolic OH excluding ortho intramolecular Hbond substituents is 1. The fourth-order valence-electron chi connectivity index (χ4n) is 5.51. The first-order valence-corrected chi connectivity index (χ1v) is 12.7. The summed E-state index contributed by atoms with van der Waals surface area (Å²) in [6, 6.07) is 3.05. The SMILES string of the molecule is CN(C)C1C(O)=C(C(N)=O)C(=O)C2(O)C(O)=C3C(=O)c4c(O)cccc4C(C)(O)C3CC12.CS(=O)(=O)O. The average molecular weight is 541 g/mol. The van der Waals surface area contributed by atoms with Gasteiger partial charge in [-0.15, -0.1) is 0 Å². The largest absolute Gasteiger partial charge is 0.510 e. The van der Waals surface area contributed by atoms with Crippen molar-refractivity contribution >= 4 is 27.6 Å². The number of aliphatic hydroxyl groups is 4. The van der Waals surface area contributed by atoms with Crippen LogP contribution in [0, 0.1) is 11.8 Å². The van der Waals surface area contributed by atoms with Crippen LogP contribution in [0.25, 0.3) is 0 Å². The molecular weight excluding hydrogens is 512 g/mol. The van der Waals surface area contributed by atoms with E-state index >= 15 is 0 Å². The minimum absolute atomic E-state index is 0.135. The van der Waals surface area contributed by atoms with Gasteiger partial charge >= 0.3 is 0 Å². The number of Topliss-reactive ketones (excluding diaryl/α,β-unsaturated/α-hetero) is 2. The standard InChI is InChI=1S/C22H24N2O8.CH4O3S/c1-21(31)8-5-4-6-11(25)12(8)16(26)13-9(21)7-10-15(24(2)3)17(27)14(20(23)30)19(29)22(10,32)18(13)28;1-5(2,3)4/h4-6,9-10,15,25,27-28,31-32H,7H2,1-3H3,(H2,23,30);1H3,(H,2,3,4). The number of aromatic hydroxyl groups is 1. The van der Waals surface area contributed by atoms with Crippen molar-refractivity contribution in [3.8, 4) is 5.75 Å². The summed E-state index contributed by atoms with van der Waals surface area (Å²) in [5.74, 6) is -7.89. The van der Waals surface area contributed by atoms with Gasteiger partial charge < -0.3 is 31.3 Å². The van der Waals surface area contributed by atoms with Crippen molar-refractivity contribution in [3.63, 3.8) is 0 Å². The molecule has 0 fully saturated rings. The van der Waals surface area contributed by atoms with Gasteiger partial charge in [-0.1, -0.05) is 12.1 Å². The molecule has 0 saturated carbocycles. The second kappa shape index (κ2) is 8.92. The Labute approximate surface area is 211 Å². The van der Waals surface area contributed by atoms with Crippen molar-refractivity contribution in [1.29, 1.82) is 0 Å². The van der Waals surface area contributed by atoms with Gasteiger partial charge in [-0.05, 0) is 39.1 Å². The second-order valence-corrected chi connectivity index (χ2v) is 11.2. The number of rotatable bonds is 2. The van der Waals surface area contributed by atoms with E-state index in [2.05, 4.69) is 0 Å². The Morgan fingerprint density at radius 3 is 2.16 bits per heavy atom. The zero-order valence-electron chi connectivity index (χ0n) is 20.3. The van der Waals surface area contributed by atoms with Crippen LogP contribution in [0.4, 0.5) is 0 Å². The van der Waals surface area contributed by atoms with Gasteiger partial charge in [0.25, 0.3) is 16.0 Å². The number of benzene rings is 1. The predicted molar refractivity (Wildman–Crippen MR) is 127 cm³/mol. The fourth-order valence-corrected chi connectivity index (χ4v) is 5.51. The molecule has 0 bridgehead atoms. The molecule has 0 heterocycles. The van der Waals surface area contributed by atoms with Crippen LogP contribution in [-0.4, -0.2) is 92.9 Å². The van der Waals surface area contributed by atoms with Crippen molar-refractivity contribution in [2.45, 2.75) is 30.6 Å². The third-order valence-electron chi connectivity index (χ3n) is 7.02. The number of nitrogens with zero attached hydrogens (tertiary/aromatic N) is 1. The summed E-state index contributed by atoms with van der Waals surface area (Å²) in [6.07, 6.45) is 0.515. The lowest BCUT2D eigenvalue weighted by molar-refractivity contribution is -0.151. The Morgan fingerprint density at radius 2 is 1.68 bits per heavy atom. The zero-order chi connectivity index (χ0) is 28.4. The third kappa shape index (κ3) is 4.30. The minimum atomic E-state index is -3.67. The number of fused-ring (bicyclic) bond motifs is 3. The highest BCUT2D eigenvalue weighted by atomic mass is 32.2. The van der Waals surface area contributed by atoms with Crippen LogP contribution in [0.15, 0.2) is 40.9 Å². The van der Waals surface area contributed by atoms with Gasteiger partial charge in [0.2, 0.25) is 5.78 Å². The zero-order valence-corrected chi connectivity index (χ0v) is 21.1. The number of carbonyl (C=O) groups excluding carboxylic acids is 3. The lowest BCUT2D eigenvalue weighted by atomic mass is 9.55. The highest BCUT2D eigenvalue weighted by Gasteiger charge is 2.65. The normalized spacial score (nSPS) is 31.3. The molecule has 202 valence electrons. The summed E-state index contributed by atoms with van der Waals surface area (Å²) in [4.78, 5) is 39.9. The van der Waals surface area contributed by atoms with Crippen LogP contribution in [-0.2, 0) is 25.3 Å². The van der Waals surface area contributed by atoms with Crippen molar-refractivity contribution in [1.82, 2.24) is 4.90 Å². The molecule has 0 saturated heterocycles. The lowest BCUT2D eigenvalue weighted by Gasteiger charge is -2.52. The first-order valence-electron chi connectivity index (χ1n) is 10.9. The van der Waals surface area contributed by atoms with Crippen LogP contribution in [0.1, 0.15) is 29.3 Å². The molecule has 0 spiro atoms. The fraction of sp³-hybridized carbons (Fsp3) is 0.435. The van der Waals surface area contributed by atoms with E-state index < -0.39 is 85.1 Å². The number of phenols is 1. The maximum absolute atomic E-state index is 13.3. The van der Waals surface area contributed by atoms with Crippen molar-refractivity contribution in [3.05, 3.63) is 52.0 Å². The van der Waals surface area contributed by atoms with Gasteiger partial charge in [0, 0.05) is 17.4 Å². The Balaban J connectivity index is 0.000000695. The van der Waals surface area contributed by atoms with Gasteiger partial charge in [-0.3, -0.25) is 23.8 Å². The Kier molecular flexibility index (Phi) is 6.82. The molecular formula is C23H28N2O11S. The number of hydrogen-bond donors (Lipinski definition) is 7. The first kappa shape index (κ1) is 28.3. The highest BCUT2D eigenvalue weighted by Crippen LogP contribution is 2.56. The van der Waals surface area contributed by atoms with E-state index in [9.17, 15) is 48.3 Å². The Morgan fingerprint density at radius 1 is 1.14 bits per heavy atom. The van der Waals surface area contributed by atoms with E-state index in [0.717, 1.165) is 0 Å². The summed E-state index contributed by atoms with van der Waals surface area (Å²) in [7, 11) is -0.604. The van der Waals surface area contributed by atoms with Gasteiger partial charge in [0.05, 0.1) is 23.5 Å². The number of hydrogen-bond acceptors (Lipinski definition) is 11. The maximum Gasteiger partial charge on any atom is 0.261 e. The number of amides is 1. The quantitative estimate of drug-likeness (QED) is 0.182. The van der Waals surface area contributed by atoms with Crippen LogP contribution in [0.2, 0.25) is 0 Å². The van der Waals surface area contributed by atoms with Crippen LogP contribution >= 0.6 is 0 Å². The second-order valence-electron chi connectivity index (χ2n) is 9.69. The molecule has 1 aromatic rings. The number of nitrogens with two attached hydrogens (primary N) is 1. The molecule has 5 atom stereocenters. The summed E-state index contributed by atoms with van der Waals surface area (Å²) in [5, 5.41) is 55.0. The van der Waals surface area contributed by atoms with Gasteiger partial charge in [-0.25, -0.2) is 0 Å². The molecule has 0 aliphatic heterocycles. The lowest BCUT2D eigenvalue weighted by Crippen LogP contribution is -2.65. The monoisotopic (exact) mass is 540 g/mol. The Hall–Kier alpha value is -3.30.